The van der Waals surface area contributed by atoms with Gasteiger partial charge in [0.05, 0.1) is 17.3 Å². The van der Waals surface area contributed by atoms with Gasteiger partial charge in [-0.15, -0.1) is 0 Å². The molecule has 0 unspecified atom stereocenters. The average molecular weight is 442 g/mol. The molecule has 0 heterocycles. The third-order valence-corrected chi connectivity index (χ3v) is 5.38. The Morgan fingerprint density at radius 1 is 1.24 bits per heavy atom. The maximum absolute atomic E-state index is 13.0. The molecule has 0 aliphatic heterocycles. The highest BCUT2D eigenvalue weighted by atomic mass is 127. The van der Waals surface area contributed by atoms with Crippen LogP contribution >= 0.6 is 34.2 Å². The highest BCUT2D eigenvalue weighted by molar-refractivity contribution is 14.1. The maximum atomic E-state index is 13.0. The van der Waals surface area contributed by atoms with Crippen LogP contribution in [0.2, 0.25) is 5.02 Å². The second-order valence-corrected chi connectivity index (χ2v) is 7.37. The van der Waals surface area contributed by atoms with E-state index in [9.17, 15) is 12.8 Å². The molecule has 0 saturated carbocycles. The number of hydrogen-bond donors (Lipinski definition) is 2. The lowest BCUT2D eigenvalue weighted by Crippen LogP contribution is -2.14. The summed E-state index contributed by atoms with van der Waals surface area (Å²) in [5.41, 5.74) is 0.677. The number of rotatable bonds is 4. The molecule has 0 radical (unpaired) electrons. The Balaban J connectivity index is 2.43. The zero-order valence-electron chi connectivity index (χ0n) is 10.5. The number of halogens is 3. The Labute approximate surface area is 140 Å². The van der Waals surface area contributed by atoms with Gasteiger partial charge >= 0.3 is 0 Å². The fraction of sp³-hybridized carbons (Fsp3) is 0.0769. The van der Waals surface area contributed by atoms with E-state index in [4.69, 9.17) is 16.7 Å². The second kappa shape index (κ2) is 6.47. The van der Waals surface area contributed by atoms with Crippen molar-refractivity contribution in [2.45, 2.75) is 11.5 Å². The van der Waals surface area contributed by atoms with Gasteiger partial charge in [0.2, 0.25) is 0 Å². The van der Waals surface area contributed by atoms with Gasteiger partial charge in [0.15, 0.2) is 0 Å². The topological polar surface area (TPSA) is 66.4 Å². The summed E-state index contributed by atoms with van der Waals surface area (Å²) >= 11 is 7.73. The molecule has 0 fully saturated rings. The summed E-state index contributed by atoms with van der Waals surface area (Å²) in [4.78, 5) is -0.143. The predicted molar refractivity (Wildman–Crippen MR) is 87.3 cm³/mol. The van der Waals surface area contributed by atoms with Crippen LogP contribution in [0.15, 0.2) is 41.3 Å². The molecule has 0 amide bonds. The standard InChI is InChI=1S/C13H10ClFINO3S/c14-10-3-1-8(7-18)5-13(10)21(19,20)17-12-4-2-9(15)6-11(12)16/h1-6,17-18H,7H2. The monoisotopic (exact) mass is 441 g/mol. The van der Waals surface area contributed by atoms with Crippen molar-refractivity contribution in [2.24, 2.45) is 0 Å². The molecule has 0 spiro atoms. The van der Waals surface area contributed by atoms with Crippen molar-refractivity contribution in [1.82, 2.24) is 0 Å². The fourth-order valence-corrected chi connectivity index (χ4v) is 4.05. The number of anilines is 1. The summed E-state index contributed by atoms with van der Waals surface area (Å²) in [6.45, 7) is -0.298. The van der Waals surface area contributed by atoms with Gasteiger partial charge in [0.25, 0.3) is 10.0 Å². The van der Waals surface area contributed by atoms with E-state index in [1.165, 1.54) is 30.3 Å². The second-order valence-electron chi connectivity index (χ2n) is 4.15. The predicted octanol–water partition coefficient (Wildman–Crippen LogP) is 3.38. The van der Waals surface area contributed by atoms with Crippen LogP contribution in [-0.2, 0) is 16.6 Å². The van der Waals surface area contributed by atoms with Crippen LogP contribution in [0.4, 0.5) is 10.1 Å². The van der Waals surface area contributed by atoms with Crippen LogP contribution in [0, 0.1) is 9.39 Å². The zero-order chi connectivity index (χ0) is 15.6. The van der Waals surface area contributed by atoms with Gasteiger partial charge in [-0.3, -0.25) is 4.72 Å². The van der Waals surface area contributed by atoms with E-state index in [0.717, 1.165) is 6.07 Å². The highest BCUT2D eigenvalue weighted by Gasteiger charge is 2.19. The molecular weight excluding hydrogens is 432 g/mol. The lowest BCUT2D eigenvalue weighted by molar-refractivity contribution is 0.281. The number of nitrogens with one attached hydrogen (secondary N) is 1. The lowest BCUT2D eigenvalue weighted by Gasteiger charge is -2.12. The molecule has 2 aromatic rings. The van der Waals surface area contributed by atoms with Crippen molar-refractivity contribution in [2.75, 3.05) is 4.72 Å². The summed E-state index contributed by atoms with van der Waals surface area (Å²) in [6.07, 6.45) is 0. The van der Waals surface area contributed by atoms with Crippen molar-refractivity contribution >= 4 is 49.9 Å². The minimum Gasteiger partial charge on any atom is -0.392 e. The van der Waals surface area contributed by atoms with E-state index < -0.39 is 15.8 Å². The van der Waals surface area contributed by atoms with Gasteiger partial charge in [-0.2, -0.15) is 0 Å². The van der Waals surface area contributed by atoms with Gasteiger partial charge in [-0.05, 0) is 58.5 Å². The van der Waals surface area contributed by atoms with E-state index in [1.807, 2.05) is 22.6 Å². The minimum atomic E-state index is -3.93. The highest BCUT2D eigenvalue weighted by Crippen LogP contribution is 2.27. The molecule has 0 bridgehead atoms. The van der Waals surface area contributed by atoms with E-state index in [0.29, 0.717) is 9.13 Å². The van der Waals surface area contributed by atoms with Crippen LogP contribution in [0.5, 0.6) is 0 Å². The van der Waals surface area contributed by atoms with Crippen LogP contribution in [-0.4, -0.2) is 13.5 Å². The van der Waals surface area contributed by atoms with Gasteiger partial charge in [0, 0.05) is 3.57 Å². The van der Waals surface area contributed by atoms with E-state index in [2.05, 4.69) is 4.72 Å². The molecule has 0 aliphatic rings. The molecule has 2 aromatic carbocycles. The zero-order valence-corrected chi connectivity index (χ0v) is 14.2. The van der Waals surface area contributed by atoms with Crippen LogP contribution in [0.3, 0.4) is 0 Å². The third kappa shape index (κ3) is 3.85. The van der Waals surface area contributed by atoms with Gasteiger partial charge < -0.3 is 5.11 Å². The molecule has 2 rings (SSSR count). The molecule has 21 heavy (non-hydrogen) atoms. The average Bonchev–Trinajstić information content (AvgIpc) is 2.42. The van der Waals surface area contributed by atoms with Crippen LogP contribution in [0.25, 0.3) is 0 Å². The summed E-state index contributed by atoms with van der Waals surface area (Å²) < 4.78 is 40.5. The molecule has 0 aromatic heterocycles. The number of sulfonamides is 1. The molecule has 2 N–H and O–H groups in total. The SMILES string of the molecule is O=S(=O)(Nc1ccc(F)cc1I)c1cc(CO)ccc1Cl. The first kappa shape index (κ1) is 16.5. The van der Waals surface area contributed by atoms with Crippen LogP contribution < -0.4 is 4.72 Å². The number of benzene rings is 2. The van der Waals surface area contributed by atoms with Crippen molar-refractivity contribution in [3.05, 3.63) is 56.4 Å². The summed E-state index contributed by atoms with van der Waals surface area (Å²) in [5, 5.41) is 9.12. The summed E-state index contributed by atoms with van der Waals surface area (Å²) in [7, 11) is -3.93. The first-order valence-corrected chi connectivity index (χ1v) is 8.64. The maximum Gasteiger partial charge on any atom is 0.263 e. The Kier molecular flexibility index (Phi) is 5.07. The molecule has 0 saturated heterocycles. The lowest BCUT2D eigenvalue weighted by atomic mass is 10.2. The molecule has 0 atom stereocenters. The van der Waals surface area contributed by atoms with Crippen LogP contribution in [0.1, 0.15) is 5.56 Å². The van der Waals surface area contributed by atoms with Crippen molar-refractivity contribution in [3.63, 3.8) is 0 Å². The molecule has 4 nitrogen and oxygen atoms in total. The number of hydrogen-bond acceptors (Lipinski definition) is 3. The summed E-state index contributed by atoms with van der Waals surface area (Å²) in [6, 6.07) is 7.93. The first-order valence-electron chi connectivity index (χ1n) is 5.70. The minimum absolute atomic E-state index is 0.0387. The normalized spacial score (nSPS) is 11.4. The van der Waals surface area contributed by atoms with Gasteiger partial charge in [-0.25, -0.2) is 12.8 Å². The van der Waals surface area contributed by atoms with Gasteiger partial charge in [-0.1, -0.05) is 17.7 Å². The first-order chi connectivity index (χ1) is 9.83. The molecular formula is C13H10ClFINO3S. The van der Waals surface area contributed by atoms with E-state index in [-0.39, 0.29) is 22.2 Å². The van der Waals surface area contributed by atoms with Crippen molar-refractivity contribution in [1.29, 1.82) is 0 Å². The molecule has 0 aliphatic carbocycles. The van der Waals surface area contributed by atoms with E-state index >= 15 is 0 Å². The Bertz CT molecular complexity index is 783. The third-order valence-electron chi connectivity index (χ3n) is 2.64. The number of aliphatic hydroxyl groups is 1. The largest absolute Gasteiger partial charge is 0.392 e. The summed E-state index contributed by atoms with van der Waals surface area (Å²) in [5.74, 6) is -0.456. The smallest absolute Gasteiger partial charge is 0.263 e. The molecule has 112 valence electrons. The Morgan fingerprint density at radius 2 is 1.95 bits per heavy atom. The van der Waals surface area contributed by atoms with E-state index in [1.54, 1.807) is 0 Å². The Hall–Kier alpha value is -0.900. The van der Waals surface area contributed by atoms with Crippen molar-refractivity contribution in [3.8, 4) is 0 Å². The number of aliphatic hydroxyl groups excluding tert-OH is 1. The van der Waals surface area contributed by atoms with Gasteiger partial charge in [0.1, 0.15) is 10.7 Å². The fourth-order valence-electron chi connectivity index (χ4n) is 1.62. The van der Waals surface area contributed by atoms with Crippen molar-refractivity contribution < 1.29 is 17.9 Å². The Morgan fingerprint density at radius 3 is 2.57 bits per heavy atom. The molecule has 8 heteroatoms. The quantitative estimate of drug-likeness (QED) is 0.715.